The van der Waals surface area contributed by atoms with E-state index >= 15 is 0 Å². The Morgan fingerprint density at radius 2 is 2.19 bits per heavy atom. The number of nitrogens with zero attached hydrogens (tertiary/aromatic N) is 1. The minimum atomic E-state index is -3.68. The van der Waals surface area contributed by atoms with E-state index in [1.165, 1.54) is 11.4 Å². The summed E-state index contributed by atoms with van der Waals surface area (Å²) in [4.78, 5) is 12.0. The van der Waals surface area contributed by atoms with Crippen LogP contribution in [0.1, 0.15) is 21.7 Å². The summed E-state index contributed by atoms with van der Waals surface area (Å²) < 4.78 is 36.8. The highest BCUT2D eigenvalue weighted by Crippen LogP contribution is 2.32. The van der Waals surface area contributed by atoms with Crippen LogP contribution in [0.15, 0.2) is 10.3 Å². The van der Waals surface area contributed by atoms with Gasteiger partial charge >= 0.3 is 5.97 Å². The lowest BCUT2D eigenvalue weighted by molar-refractivity contribution is 0.0602. The summed E-state index contributed by atoms with van der Waals surface area (Å²) in [6, 6.07) is 0. The number of thiophene rings is 1. The molecule has 0 spiro atoms. The smallest absolute Gasteiger partial charge is 0.349 e. The van der Waals surface area contributed by atoms with Crippen molar-refractivity contribution in [1.82, 2.24) is 4.31 Å². The molecule has 0 radical (unpaired) electrons. The van der Waals surface area contributed by atoms with Crippen molar-refractivity contribution in [3.8, 4) is 0 Å². The molecule has 1 unspecified atom stereocenters. The first kappa shape index (κ1) is 16.4. The van der Waals surface area contributed by atoms with Crippen molar-refractivity contribution in [2.45, 2.75) is 18.2 Å². The first-order valence-corrected chi connectivity index (χ1v) is 8.89. The number of carbonyl (C=O) groups is 1. The number of ether oxygens (including phenoxy) is 2. The Hall–Kier alpha value is -0.960. The van der Waals surface area contributed by atoms with Crippen molar-refractivity contribution in [3.63, 3.8) is 0 Å². The highest BCUT2D eigenvalue weighted by atomic mass is 32.2. The molecule has 0 bridgehead atoms. The number of hydrogen-bond acceptors (Lipinski definition) is 6. The summed E-state index contributed by atoms with van der Waals surface area (Å²) in [5, 5.41) is 1.67. The second-order valence-corrected chi connectivity index (χ2v) is 7.80. The number of carbonyl (C=O) groups excluding carboxylic acids is 1. The first-order valence-electron chi connectivity index (χ1n) is 6.57. The van der Waals surface area contributed by atoms with Gasteiger partial charge in [-0.2, -0.15) is 4.31 Å². The lowest BCUT2D eigenvalue weighted by Crippen LogP contribution is -2.30. The molecule has 0 aromatic carbocycles. The van der Waals surface area contributed by atoms with Gasteiger partial charge < -0.3 is 9.47 Å². The fraction of sp³-hybridized carbons (Fsp3) is 0.615. The van der Waals surface area contributed by atoms with Gasteiger partial charge in [-0.25, -0.2) is 13.2 Å². The van der Waals surface area contributed by atoms with Crippen molar-refractivity contribution in [2.75, 3.05) is 33.9 Å². The number of rotatable bonds is 5. The molecule has 1 saturated heterocycles. The van der Waals surface area contributed by atoms with Crippen LogP contribution in [-0.2, 0) is 19.5 Å². The maximum Gasteiger partial charge on any atom is 0.349 e. The molecule has 2 rings (SSSR count). The van der Waals surface area contributed by atoms with Gasteiger partial charge in [0, 0.05) is 20.2 Å². The zero-order valence-corrected chi connectivity index (χ0v) is 13.9. The van der Waals surface area contributed by atoms with Crippen LogP contribution >= 0.6 is 11.3 Å². The average Bonchev–Trinajstić information content (AvgIpc) is 3.05. The molecular formula is C13H19NO5S2. The highest BCUT2D eigenvalue weighted by molar-refractivity contribution is 7.89. The number of hydrogen-bond donors (Lipinski definition) is 0. The summed E-state index contributed by atoms with van der Waals surface area (Å²) >= 11 is 1.10. The molecule has 1 aliphatic heterocycles. The van der Waals surface area contributed by atoms with Crippen molar-refractivity contribution < 1.29 is 22.7 Å². The molecule has 0 saturated carbocycles. The molecule has 8 heteroatoms. The normalized spacial score (nSPS) is 19.9. The van der Waals surface area contributed by atoms with E-state index < -0.39 is 16.0 Å². The van der Waals surface area contributed by atoms with Crippen LogP contribution in [0, 0.1) is 12.8 Å². The molecule has 0 N–H and O–H groups in total. The molecule has 0 aliphatic carbocycles. The summed E-state index contributed by atoms with van der Waals surface area (Å²) in [5.74, 6) is -0.412. The second-order valence-electron chi connectivity index (χ2n) is 5.04. The predicted molar refractivity (Wildman–Crippen MR) is 79.1 cm³/mol. The van der Waals surface area contributed by atoms with Gasteiger partial charge in [0.15, 0.2) is 0 Å². The van der Waals surface area contributed by atoms with E-state index in [0.717, 1.165) is 17.8 Å². The Kier molecular flexibility index (Phi) is 5.03. The quantitative estimate of drug-likeness (QED) is 0.764. The molecule has 2 heterocycles. The number of aryl methyl sites for hydroxylation is 1. The lowest BCUT2D eigenvalue weighted by atomic mass is 10.1. The van der Waals surface area contributed by atoms with Crippen LogP contribution in [0.5, 0.6) is 0 Å². The van der Waals surface area contributed by atoms with Gasteiger partial charge in [0.2, 0.25) is 10.0 Å². The fourth-order valence-corrected chi connectivity index (χ4v) is 5.69. The standard InChI is InChI=1S/C13H19NO5S2/c1-9-8-20-11(13(15)19-3)12(9)21(16,17)14-5-4-10(6-14)7-18-2/h8,10H,4-7H2,1-3H3. The third-order valence-corrected chi connectivity index (χ3v) is 6.80. The van der Waals surface area contributed by atoms with Gasteiger partial charge in [-0.3, -0.25) is 0 Å². The Morgan fingerprint density at radius 1 is 1.48 bits per heavy atom. The second kappa shape index (κ2) is 6.43. The van der Waals surface area contributed by atoms with E-state index in [1.54, 1.807) is 19.4 Å². The maximum atomic E-state index is 12.8. The van der Waals surface area contributed by atoms with Crippen molar-refractivity contribution in [1.29, 1.82) is 0 Å². The van der Waals surface area contributed by atoms with Crippen LogP contribution in [-0.4, -0.2) is 52.6 Å². The maximum absolute atomic E-state index is 12.8. The third-order valence-electron chi connectivity index (χ3n) is 3.54. The summed E-state index contributed by atoms with van der Waals surface area (Å²) in [7, 11) is -0.821. The monoisotopic (exact) mass is 333 g/mol. The van der Waals surface area contributed by atoms with E-state index in [9.17, 15) is 13.2 Å². The van der Waals surface area contributed by atoms with Crippen molar-refractivity contribution in [3.05, 3.63) is 15.8 Å². The Labute approximate surface area is 128 Å². The SMILES string of the molecule is COCC1CCN(S(=O)(=O)c2c(C)csc2C(=O)OC)C1. The zero-order chi connectivity index (χ0) is 15.6. The van der Waals surface area contributed by atoms with Gasteiger partial charge in [0.25, 0.3) is 0 Å². The van der Waals surface area contributed by atoms with E-state index in [0.29, 0.717) is 25.3 Å². The minimum Gasteiger partial charge on any atom is -0.465 e. The topological polar surface area (TPSA) is 72.9 Å². The van der Waals surface area contributed by atoms with Crippen molar-refractivity contribution >= 4 is 27.3 Å². The first-order chi connectivity index (χ1) is 9.91. The number of esters is 1. The molecule has 1 aliphatic rings. The largest absolute Gasteiger partial charge is 0.465 e. The van der Waals surface area contributed by atoms with Crippen molar-refractivity contribution in [2.24, 2.45) is 5.92 Å². The van der Waals surface area contributed by atoms with Crippen LogP contribution in [0.4, 0.5) is 0 Å². The molecular weight excluding hydrogens is 314 g/mol. The number of methoxy groups -OCH3 is 2. The van der Waals surface area contributed by atoms with Gasteiger partial charge in [-0.05, 0) is 30.2 Å². The molecule has 6 nitrogen and oxygen atoms in total. The summed E-state index contributed by atoms with van der Waals surface area (Å²) in [5.41, 5.74) is 0.579. The molecule has 21 heavy (non-hydrogen) atoms. The van der Waals surface area contributed by atoms with Gasteiger partial charge in [-0.15, -0.1) is 11.3 Å². The van der Waals surface area contributed by atoms with Gasteiger partial charge in [0.05, 0.1) is 13.7 Å². The number of sulfonamides is 1. The van der Waals surface area contributed by atoms with Gasteiger partial charge in [0.1, 0.15) is 9.77 Å². The molecule has 1 atom stereocenters. The average molecular weight is 333 g/mol. The Balaban J connectivity index is 2.33. The Bertz CT molecular complexity index is 623. The van der Waals surface area contributed by atoms with E-state index in [1.807, 2.05) is 0 Å². The molecule has 118 valence electrons. The summed E-state index contributed by atoms with van der Waals surface area (Å²) in [6.07, 6.45) is 0.768. The van der Waals surface area contributed by atoms with Crippen LogP contribution < -0.4 is 0 Å². The highest BCUT2D eigenvalue weighted by Gasteiger charge is 2.36. The van der Waals surface area contributed by atoms with E-state index in [-0.39, 0.29) is 15.7 Å². The molecule has 0 amide bonds. The zero-order valence-electron chi connectivity index (χ0n) is 12.3. The van der Waals surface area contributed by atoms with Crippen LogP contribution in [0.25, 0.3) is 0 Å². The molecule has 1 fully saturated rings. The van der Waals surface area contributed by atoms with Crippen LogP contribution in [0.2, 0.25) is 0 Å². The van der Waals surface area contributed by atoms with Crippen LogP contribution in [0.3, 0.4) is 0 Å². The Morgan fingerprint density at radius 3 is 2.81 bits per heavy atom. The van der Waals surface area contributed by atoms with E-state index in [4.69, 9.17) is 4.74 Å². The summed E-state index contributed by atoms with van der Waals surface area (Å²) in [6.45, 7) is 3.11. The fourth-order valence-electron chi connectivity index (χ4n) is 2.50. The van der Waals surface area contributed by atoms with Gasteiger partial charge in [-0.1, -0.05) is 0 Å². The predicted octanol–water partition coefficient (Wildman–Crippen LogP) is 1.50. The third kappa shape index (κ3) is 3.13. The minimum absolute atomic E-state index is 0.0809. The molecule has 1 aromatic heterocycles. The van der Waals surface area contributed by atoms with E-state index in [2.05, 4.69) is 4.74 Å². The lowest BCUT2D eigenvalue weighted by Gasteiger charge is -2.17. The molecule has 1 aromatic rings.